The number of fused-ring (bicyclic) bond motifs is 1. The molecule has 0 radical (unpaired) electrons. The Kier molecular flexibility index (Phi) is 4.34. The van der Waals surface area contributed by atoms with Crippen LogP contribution in [0.2, 0.25) is 5.02 Å². The number of anilines is 1. The summed E-state index contributed by atoms with van der Waals surface area (Å²) in [5.41, 5.74) is 0.546. The molecule has 3 nitrogen and oxygen atoms in total. The van der Waals surface area contributed by atoms with Gasteiger partial charge in [-0.15, -0.1) is 0 Å². The van der Waals surface area contributed by atoms with Crippen molar-refractivity contribution in [1.82, 2.24) is 4.90 Å². The zero-order valence-electron chi connectivity index (χ0n) is 11.9. The lowest BCUT2D eigenvalue weighted by atomic mass is 9.78. The third kappa shape index (κ3) is 3.15. The Morgan fingerprint density at radius 1 is 1.24 bits per heavy atom. The molecule has 1 aliphatic carbocycles. The number of amides is 2. The largest absolute Gasteiger partial charge is 0.322 e. The van der Waals surface area contributed by atoms with Gasteiger partial charge in [0.25, 0.3) is 0 Å². The summed E-state index contributed by atoms with van der Waals surface area (Å²) in [6.45, 7) is 0.807. The van der Waals surface area contributed by atoms with Crippen LogP contribution >= 0.6 is 11.6 Å². The lowest BCUT2D eigenvalue weighted by Crippen LogP contribution is -2.51. The van der Waals surface area contributed by atoms with E-state index in [1.54, 1.807) is 6.07 Å². The molecule has 1 aromatic rings. The second kappa shape index (κ2) is 6.22. The molecule has 1 saturated carbocycles. The fourth-order valence-electron chi connectivity index (χ4n) is 3.65. The minimum absolute atomic E-state index is 0.0296. The lowest BCUT2D eigenvalue weighted by Gasteiger charge is -2.44. The molecular formula is C16H20ClFN2O. The normalized spacial score (nSPS) is 25.3. The number of rotatable bonds is 1. The molecule has 3 rings (SSSR count). The first kappa shape index (κ1) is 14.6. The third-order valence-electron chi connectivity index (χ3n) is 4.67. The van der Waals surface area contributed by atoms with Crippen molar-refractivity contribution in [2.24, 2.45) is 5.92 Å². The first-order valence-electron chi connectivity index (χ1n) is 7.68. The van der Waals surface area contributed by atoms with Crippen LogP contribution in [0.5, 0.6) is 0 Å². The number of hydrogen-bond donors (Lipinski definition) is 1. The molecule has 0 aromatic heterocycles. The predicted octanol–water partition coefficient (Wildman–Crippen LogP) is 4.67. The molecule has 0 spiro atoms. The fourth-order valence-corrected chi connectivity index (χ4v) is 3.83. The highest BCUT2D eigenvalue weighted by Gasteiger charge is 2.35. The van der Waals surface area contributed by atoms with Crippen LogP contribution in [0.1, 0.15) is 38.5 Å². The number of urea groups is 1. The van der Waals surface area contributed by atoms with Crippen molar-refractivity contribution in [3.05, 3.63) is 29.0 Å². The summed E-state index contributed by atoms with van der Waals surface area (Å²) in [6, 6.07) is 4.55. The van der Waals surface area contributed by atoms with Gasteiger partial charge in [-0.1, -0.05) is 24.4 Å². The highest BCUT2D eigenvalue weighted by Crippen LogP contribution is 2.35. The molecule has 1 aliphatic heterocycles. The van der Waals surface area contributed by atoms with Gasteiger partial charge in [0.15, 0.2) is 0 Å². The molecule has 1 N–H and O–H groups in total. The quantitative estimate of drug-likeness (QED) is 0.803. The topological polar surface area (TPSA) is 32.3 Å². The van der Waals surface area contributed by atoms with E-state index in [2.05, 4.69) is 5.32 Å². The number of likely N-dealkylation sites (tertiary alicyclic amines) is 1. The average molecular weight is 311 g/mol. The molecule has 1 aromatic carbocycles. The smallest absolute Gasteiger partial charge is 0.321 e. The van der Waals surface area contributed by atoms with Crippen LogP contribution in [0.4, 0.5) is 14.9 Å². The Bertz CT molecular complexity index is 535. The van der Waals surface area contributed by atoms with E-state index in [1.165, 1.54) is 37.8 Å². The summed E-state index contributed by atoms with van der Waals surface area (Å²) in [5, 5.41) is 2.88. The van der Waals surface area contributed by atoms with Crippen molar-refractivity contribution >= 4 is 23.3 Å². The van der Waals surface area contributed by atoms with Gasteiger partial charge in [0.05, 0.1) is 5.02 Å². The summed E-state index contributed by atoms with van der Waals surface area (Å²) in [6.07, 6.45) is 7.12. The van der Waals surface area contributed by atoms with E-state index in [9.17, 15) is 9.18 Å². The van der Waals surface area contributed by atoms with Gasteiger partial charge in [0.2, 0.25) is 0 Å². The minimum atomic E-state index is -0.472. The molecule has 2 aliphatic rings. The van der Waals surface area contributed by atoms with Crippen LogP contribution in [0.3, 0.4) is 0 Å². The Hall–Kier alpha value is -1.29. The summed E-state index contributed by atoms with van der Waals surface area (Å²) >= 11 is 5.75. The molecular weight excluding hydrogens is 291 g/mol. The zero-order valence-corrected chi connectivity index (χ0v) is 12.7. The molecule has 2 amide bonds. The van der Waals surface area contributed by atoms with Crippen molar-refractivity contribution in [3.8, 4) is 0 Å². The number of carbonyl (C=O) groups excluding carboxylic acids is 1. The van der Waals surface area contributed by atoms with Gasteiger partial charge in [0, 0.05) is 18.3 Å². The van der Waals surface area contributed by atoms with E-state index in [-0.39, 0.29) is 11.1 Å². The number of benzene rings is 1. The molecule has 0 unspecified atom stereocenters. The van der Waals surface area contributed by atoms with E-state index in [0.29, 0.717) is 17.6 Å². The van der Waals surface area contributed by atoms with Crippen molar-refractivity contribution in [2.45, 2.75) is 44.6 Å². The first-order valence-corrected chi connectivity index (χ1v) is 8.05. The van der Waals surface area contributed by atoms with E-state index in [0.717, 1.165) is 19.4 Å². The molecule has 5 heteroatoms. The monoisotopic (exact) mass is 310 g/mol. The standard InChI is InChI=1S/C16H20ClFN2O/c17-13-10-12(7-8-14(13)18)19-16(21)20-9-3-5-11-4-1-2-6-15(11)20/h7-8,10-11,15H,1-6,9H2,(H,19,21)/t11-,15-/m1/s1. The molecule has 1 saturated heterocycles. The molecule has 2 fully saturated rings. The minimum Gasteiger partial charge on any atom is -0.321 e. The molecule has 21 heavy (non-hydrogen) atoms. The number of nitrogens with zero attached hydrogens (tertiary/aromatic N) is 1. The van der Waals surface area contributed by atoms with E-state index in [4.69, 9.17) is 11.6 Å². The predicted molar refractivity (Wildman–Crippen MR) is 82.1 cm³/mol. The second-order valence-electron chi connectivity index (χ2n) is 6.01. The van der Waals surface area contributed by atoms with Crippen LogP contribution < -0.4 is 5.32 Å². The van der Waals surface area contributed by atoms with E-state index in [1.807, 2.05) is 4.90 Å². The summed E-state index contributed by atoms with van der Waals surface area (Å²) in [5.74, 6) is 0.176. The van der Waals surface area contributed by atoms with Crippen LogP contribution in [-0.2, 0) is 0 Å². The van der Waals surface area contributed by atoms with Gasteiger partial charge in [-0.25, -0.2) is 9.18 Å². The van der Waals surface area contributed by atoms with Crippen molar-refractivity contribution in [2.75, 3.05) is 11.9 Å². The zero-order chi connectivity index (χ0) is 14.8. The highest BCUT2D eigenvalue weighted by atomic mass is 35.5. The van der Waals surface area contributed by atoms with E-state index >= 15 is 0 Å². The molecule has 2 atom stereocenters. The van der Waals surface area contributed by atoms with Crippen LogP contribution in [0.15, 0.2) is 18.2 Å². The fraction of sp³-hybridized carbons (Fsp3) is 0.562. The van der Waals surface area contributed by atoms with Gasteiger partial charge >= 0.3 is 6.03 Å². The molecule has 114 valence electrons. The maximum Gasteiger partial charge on any atom is 0.322 e. The van der Waals surface area contributed by atoms with Crippen molar-refractivity contribution in [3.63, 3.8) is 0 Å². The van der Waals surface area contributed by atoms with Crippen molar-refractivity contribution < 1.29 is 9.18 Å². The lowest BCUT2D eigenvalue weighted by molar-refractivity contribution is 0.0909. The molecule has 0 bridgehead atoms. The van der Waals surface area contributed by atoms with Gasteiger partial charge in [-0.3, -0.25) is 0 Å². The first-order chi connectivity index (χ1) is 10.1. The average Bonchev–Trinajstić information content (AvgIpc) is 2.50. The van der Waals surface area contributed by atoms with Gasteiger partial charge in [-0.05, 0) is 49.8 Å². The Balaban J connectivity index is 1.70. The Labute approximate surface area is 129 Å². The number of piperidine rings is 1. The third-order valence-corrected chi connectivity index (χ3v) is 4.96. The summed E-state index contributed by atoms with van der Waals surface area (Å²) in [4.78, 5) is 14.5. The number of halogens is 2. The summed E-state index contributed by atoms with van der Waals surface area (Å²) < 4.78 is 13.2. The van der Waals surface area contributed by atoms with Gasteiger partial charge in [0.1, 0.15) is 5.82 Å². The maximum atomic E-state index is 13.2. The van der Waals surface area contributed by atoms with Crippen LogP contribution in [0, 0.1) is 11.7 Å². The van der Waals surface area contributed by atoms with Crippen LogP contribution in [0.25, 0.3) is 0 Å². The molecule has 1 heterocycles. The van der Waals surface area contributed by atoms with E-state index < -0.39 is 5.82 Å². The second-order valence-corrected chi connectivity index (χ2v) is 6.41. The highest BCUT2D eigenvalue weighted by molar-refractivity contribution is 6.31. The maximum absolute atomic E-state index is 13.2. The SMILES string of the molecule is O=C(Nc1ccc(F)c(Cl)c1)N1CCC[C@H]2CCCC[C@H]21. The van der Waals surface area contributed by atoms with Crippen molar-refractivity contribution in [1.29, 1.82) is 0 Å². The number of carbonyl (C=O) groups is 1. The van der Waals surface area contributed by atoms with Gasteiger partial charge < -0.3 is 10.2 Å². The number of nitrogens with one attached hydrogen (secondary N) is 1. The number of hydrogen-bond acceptors (Lipinski definition) is 1. The van der Waals surface area contributed by atoms with Crippen LogP contribution in [-0.4, -0.2) is 23.5 Å². The summed E-state index contributed by atoms with van der Waals surface area (Å²) in [7, 11) is 0. The Morgan fingerprint density at radius 3 is 2.81 bits per heavy atom. The van der Waals surface area contributed by atoms with Gasteiger partial charge in [-0.2, -0.15) is 0 Å². The Morgan fingerprint density at radius 2 is 2.00 bits per heavy atom.